The Morgan fingerprint density at radius 2 is 2.16 bits per heavy atom. The molecule has 0 amide bonds. The van der Waals surface area contributed by atoms with Crippen molar-refractivity contribution in [3.8, 4) is 5.75 Å². The quantitative estimate of drug-likeness (QED) is 0.380. The van der Waals surface area contributed by atoms with Gasteiger partial charge >= 0.3 is 0 Å². The van der Waals surface area contributed by atoms with Crippen molar-refractivity contribution in [2.45, 2.75) is 20.0 Å². The van der Waals surface area contributed by atoms with Gasteiger partial charge in [-0.3, -0.25) is 0 Å². The number of thiazole rings is 1. The number of nitrogens with two attached hydrogens (primary N) is 1. The number of aryl methyl sites for hydroxylation is 1. The van der Waals surface area contributed by atoms with Crippen LogP contribution in [-0.2, 0) is 13.0 Å². The zero-order valence-corrected chi connectivity index (χ0v) is 11.4. The molecule has 5 nitrogen and oxygen atoms in total. The molecule has 0 aliphatic carbocycles. The first-order valence-electron chi connectivity index (χ1n) is 5.76. The highest BCUT2D eigenvalue weighted by molar-refractivity contribution is 7.09. The molecule has 0 atom stereocenters. The van der Waals surface area contributed by atoms with E-state index < -0.39 is 0 Å². The van der Waals surface area contributed by atoms with E-state index >= 15 is 0 Å². The first kappa shape index (κ1) is 13.4. The average Bonchev–Trinajstić information content (AvgIpc) is 2.83. The van der Waals surface area contributed by atoms with Crippen molar-refractivity contribution >= 4 is 17.2 Å². The Labute approximate surface area is 115 Å². The van der Waals surface area contributed by atoms with Gasteiger partial charge in [0.2, 0.25) is 0 Å². The van der Waals surface area contributed by atoms with Crippen molar-refractivity contribution in [2.75, 3.05) is 0 Å². The van der Waals surface area contributed by atoms with E-state index in [9.17, 15) is 0 Å². The molecule has 2 aromatic rings. The second-order valence-electron chi connectivity index (χ2n) is 4.08. The molecule has 100 valence electrons. The lowest BCUT2D eigenvalue weighted by molar-refractivity contribution is 0.305. The molecule has 6 heteroatoms. The molecule has 0 unspecified atom stereocenters. The van der Waals surface area contributed by atoms with Crippen molar-refractivity contribution in [3.63, 3.8) is 0 Å². The fourth-order valence-electron chi connectivity index (χ4n) is 1.56. The zero-order chi connectivity index (χ0) is 13.7. The summed E-state index contributed by atoms with van der Waals surface area (Å²) in [5.41, 5.74) is 7.42. The van der Waals surface area contributed by atoms with Gasteiger partial charge in [-0.25, -0.2) is 4.98 Å². The minimum Gasteiger partial charge on any atom is -0.486 e. The molecule has 0 bridgehead atoms. The molecule has 1 heterocycles. The van der Waals surface area contributed by atoms with Gasteiger partial charge in [-0.05, 0) is 24.6 Å². The van der Waals surface area contributed by atoms with Crippen molar-refractivity contribution in [3.05, 3.63) is 45.9 Å². The van der Waals surface area contributed by atoms with Gasteiger partial charge in [0, 0.05) is 17.5 Å². The van der Waals surface area contributed by atoms with E-state index in [1.165, 1.54) is 0 Å². The Bertz CT molecular complexity index is 564. The molecule has 2 rings (SSSR count). The number of amidine groups is 1. The van der Waals surface area contributed by atoms with Crippen LogP contribution in [0, 0.1) is 6.92 Å². The second-order valence-corrected chi connectivity index (χ2v) is 5.03. The standard InChI is InChI=1S/C13H15N3O2S/c1-9-8-19-13(15-9)7-18-11-4-2-10(3-5-11)6-12(14)16-17/h2-5,8,17H,6-7H2,1H3,(H2,14,16). The number of benzene rings is 1. The van der Waals surface area contributed by atoms with Gasteiger partial charge in [-0.1, -0.05) is 17.3 Å². The number of oxime groups is 1. The predicted octanol–water partition coefficient (Wildman–Crippen LogP) is 2.32. The van der Waals surface area contributed by atoms with Crippen LogP contribution in [0.2, 0.25) is 0 Å². The van der Waals surface area contributed by atoms with Gasteiger partial charge in [0.05, 0.1) is 0 Å². The Morgan fingerprint density at radius 3 is 2.74 bits per heavy atom. The van der Waals surface area contributed by atoms with Crippen LogP contribution in [-0.4, -0.2) is 16.0 Å². The van der Waals surface area contributed by atoms with Gasteiger partial charge in [0.1, 0.15) is 23.2 Å². The first-order valence-corrected chi connectivity index (χ1v) is 6.64. The molecular weight excluding hydrogens is 262 g/mol. The van der Waals surface area contributed by atoms with Gasteiger partial charge < -0.3 is 15.7 Å². The van der Waals surface area contributed by atoms with Crippen LogP contribution in [0.3, 0.4) is 0 Å². The maximum absolute atomic E-state index is 8.50. The van der Waals surface area contributed by atoms with Crippen LogP contribution in [0.4, 0.5) is 0 Å². The van der Waals surface area contributed by atoms with Crippen LogP contribution >= 0.6 is 11.3 Å². The Balaban J connectivity index is 1.91. The zero-order valence-electron chi connectivity index (χ0n) is 10.5. The van der Waals surface area contributed by atoms with E-state index in [-0.39, 0.29) is 5.84 Å². The predicted molar refractivity (Wildman–Crippen MR) is 74.7 cm³/mol. The molecule has 3 N–H and O–H groups in total. The molecule has 0 aliphatic heterocycles. The molecule has 1 aromatic carbocycles. The summed E-state index contributed by atoms with van der Waals surface area (Å²) in [4.78, 5) is 4.33. The number of aromatic nitrogens is 1. The van der Waals surface area contributed by atoms with E-state index in [1.54, 1.807) is 11.3 Å². The number of rotatable bonds is 5. The third-order valence-corrected chi connectivity index (χ3v) is 3.41. The van der Waals surface area contributed by atoms with Crippen LogP contribution in [0.5, 0.6) is 5.75 Å². The molecule has 0 aliphatic rings. The first-order chi connectivity index (χ1) is 9.17. The van der Waals surface area contributed by atoms with Gasteiger partial charge in [0.25, 0.3) is 0 Å². The molecule has 0 saturated carbocycles. The lowest BCUT2D eigenvalue weighted by Gasteiger charge is -2.05. The molecule has 1 aromatic heterocycles. The normalized spacial score (nSPS) is 11.5. The van der Waals surface area contributed by atoms with Crippen LogP contribution < -0.4 is 10.5 Å². The topological polar surface area (TPSA) is 80.7 Å². The molecular formula is C13H15N3O2S. The number of nitrogens with zero attached hydrogens (tertiary/aromatic N) is 2. The minimum absolute atomic E-state index is 0.187. The van der Waals surface area contributed by atoms with E-state index in [2.05, 4.69) is 10.1 Å². The van der Waals surface area contributed by atoms with E-state index in [0.717, 1.165) is 22.0 Å². The summed E-state index contributed by atoms with van der Waals surface area (Å²) in [5.74, 6) is 0.961. The smallest absolute Gasteiger partial charge is 0.143 e. The highest BCUT2D eigenvalue weighted by atomic mass is 32.1. The number of hydrogen-bond donors (Lipinski definition) is 2. The van der Waals surface area contributed by atoms with Crippen LogP contribution in [0.25, 0.3) is 0 Å². The van der Waals surface area contributed by atoms with Crippen molar-refractivity contribution < 1.29 is 9.94 Å². The van der Waals surface area contributed by atoms with E-state index in [1.807, 2.05) is 36.6 Å². The minimum atomic E-state index is 0.187. The molecule has 0 spiro atoms. The third-order valence-electron chi connectivity index (χ3n) is 2.47. The van der Waals surface area contributed by atoms with Crippen LogP contribution in [0.15, 0.2) is 34.8 Å². The summed E-state index contributed by atoms with van der Waals surface area (Å²) >= 11 is 1.59. The summed E-state index contributed by atoms with van der Waals surface area (Å²) in [6, 6.07) is 7.50. The summed E-state index contributed by atoms with van der Waals surface area (Å²) < 4.78 is 5.63. The summed E-state index contributed by atoms with van der Waals surface area (Å²) in [6.07, 6.45) is 0.419. The number of ether oxygens (including phenoxy) is 1. The molecule has 0 saturated heterocycles. The average molecular weight is 277 g/mol. The van der Waals surface area contributed by atoms with Crippen molar-refractivity contribution in [2.24, 2.45) is 10.9 Å². The van der Waals surface area contributed by atoms with Crippen molar-refractivity contribution in [1.29, 1.82) is 0 Å². The number of hydrogen-bond acceptors (Lipinski definition) is 5. The second kappa shape index (κ2) is 6.19. The Kier molecular flexibility index (Phi) is 4.35. The van der Waals surface area contributed by atoms with E-state index in [0.29, 0.717) is 13.0 Å². The van der Waals surface area contributed by atoms with Crippen LogP contribution in [0.1, 0.15) is 16.3 Å². The Hall–Kier alpha value is -2.08. The summed E-state index contributed by atoms with van der Waals surface area (Å²) in [6.45, 7) is 2.43. The largest absolute Gasteiger partial charge is 0.486 e. The lowest BCUT2D eigenvalue weighted by Crippen LogP contribution is -2.14. The fraction of sp³-hybridized carbons (Fsp3) is 0.231. The van der Waals surface area contributed by atoms with Gasteiger partial charge in [-0.15, -0.1) is 11.3 Å². The molecule has 19 heavy (non-hydrogen) atoms. The molecule has 0 radical (unpaired) electrons. The highest BCUT2D eigenvalue weighted by Gasteiger charge is 2.01. The monoisotopic (exact) mass is 277 g/mol. The van der Waals surface area contributed by atoms with Crippen molar-refractivity contribution in [1.82, 2.24) is 4.98 Å². The van der Waals surface area contributed by atoms with E-state index in [4.69, 9.17) is 15.7 Å². The fourth-order valence-corrected chi connectivity index (χ4v) is 2.25. The van der Waals surface area contributed by atoms with Gasteiger partial charge in [-0.2, -0.15) is 0 Å². The summed E-state index contributed by atoms with van der Waals surface area (Å²) in [5, 5.41) is 14.4. The highest BCUT2D eigenvalue weighted by Crippen LogP contribution is 2.16. The summed E-state index contributed by atoms with van der Waals surface area (Å²) in [7, 11) is 0. The Morgan fingerprint density at radius 1 is 1.42 bits per heavy atom. The SMILES string of the molecule is Cc1csc(COc2ccc(CC(N)=NO)cc2)n1. The molecule has 0 fully saturated rings. The third kappa shape index (κ3) is 3.96. The lowest BCUT2D eigenvalue weighted by atomic mass is 10.1. The maximum Gasteiger partial charge on any atom is 0.143 e. The van der Waals surface area contributed by atoms with Gasteiger partial charge in [0.15, 0.2) is 0 Å². The maximum atomic E-state index is 8.50.